The molecule has 2 heterocycles. The third-order valence-corrected chi connectivity index (χ3v) is 7.37. The van der Waals surface area contributed by atoms with E-state index >= 15 is 0 Å². The van der Waals surface area contributed by atoms with Gasteiger partial charge in [0.25, 0.3) is 11.5 Å². The highest BCUT2D eigenvalue weighted by Gasteiger charge is 2.46. The van der Waals surface area contributed by atoms with E-state index in [1.54, 1.807) is 39.1 Å². The van der Waals surface area contributed by atoms with E-state index in [0.717, 1.165) is 6.07 Å². The molecule has 2 aromatic rings. The number of hydroxylamine groups is 2. The van der Waals surface area contributed by atoms with Crippen LogP contribution in [0.1, 0.15) is 30.6 Å². The molecule has 168 valence electrons. The molecule has 0 aliphatic carbocycles. The van der Waals surface area contributed by atoms with Crippen molar-refractivity contribution in [1.29, 1.82) is 0 Å². The molecule has 31 heavy (non-hydrogen) atoms. The second-order valence-corrected chi connectivity index (χ2v) is 9.15. The Morgan fingerprint density at radius 1 is 1.13 bits per heavy atom. The van der Waals surface area contributed by atoms with E-state index in [2.05, 4.69) is 0 Å². The monoisotopic (exact) mass is 451 g/mol. The fourth-order valence-corrected chi connectivity index (χ4v) is 5.59. The minimum Gasteiger partial charge on any atom is -0.308 e. The van der Waals surface area contributed by atoms with Crippen LogP contribution in [0.5, 0.6) is 0 Å². The van der Waals surface area contributed by atoms with E-state index < -0.39 is 36.6 Å². The lowest BCUT2D eigenvalue weighted by Crippen LogP contribution is -2.44. The first-order valence-electron chi connectivity index (χ1n) is 10.0. The van der Waals surface area contributed by atoms with Crippen LogP contribution < -0.4 is 11.2 Å². The van der Waals surface area contributed by atoms with E-state index in [9.17, 15) is 18.9 Å². The predicted molar refractivity (Wildman–Crippen MR) is 113 cm³/mol. The van der Waals surface area contributed by atoms with Gasteiger partial charge < -0.3 is 9.05 Å². The fourth-order valence-electron chi connectivity index (χ4n) is 3.51. The Labute approximate surface area is 179 Å². The number of benzene rings is 1. The Morgan fingerprint density at radius 2 is 1.77 bits per heavy atom. The van der Waals surface area contributed by atoms with E-state index in [1.165, 1.54) is 28.0 Å². The summed E-state index contributed by atoms with van der Waals surface area (Å²) >= 11 is 0. The molecular weight excluding hydrogens is 425 g/mol. The van der Waals surface area contributed by atoms with Crippen LogP contribution in [0.2, 0.25) is 0 Å². The van der Waals surface area contributed by atoms with Crippen molar-refractivity contribution in [3.8, 4) is 0 Å². The summed E-state index contributed by atoms with van der Waals surface area (Å²) in [6.45, 7) is 3.95. The minimum atomic E-state index is -3.45. The zero-order valence-electron chi connectivity index (χ0n) is 17.7. The summed E-state index contributed by atoms with van der Waals surface area (Å²) in [6, 6.07) is 9.25. The van der Waals surface area contributed by atoms with Crippen molar-refractivity contribution in [2.45, 2.75) is 38.7 Å². The molecule has 0 radical (unpaired) electrons. The maximum absolute atomic E-state index is 13.1. The number of hydrogen-bond donors (Lipinski definition) is 0. The van der Waals surface area contributed by atoms with Gasteiger partial charge in [0.2, 0.25) is 0 Å². The topological polar surface area (TPSA) is 109 Å². The number of carbonyl (C=O) groups excluding carboxylic acids is 1. The molecule has 1 aromatic heterocycles. The Kier molecular flexibility index (Phi) is 7.40. The lowest BCUT2D eigenvalue weighted by Gasteiger charge is -2.25. The van der Waals surface area contributed by atoms with Crippen molar-refractivity contribution < 1.29 is 23.2 Å². The van der Waals surface area contributed by atoms with Crippen LogP contribution in [-0.4, -0.2) is 52.3 Å². The van der Waals surface area contributed by atoms with E-state index in [0.29, 0.717) is 4.57 Å². The molecule has 10 nitrogen and oxygen atoms in total. The summed E-state index contributed by atoms with van der Waals surface area (Å²) in [5.74, 6) is -1.34. The van der Waals surface area contributed by atoms with Crippen molar-refractivity contribution >= 4 is 13.5 Å². The van der Waals surface area contributed by atoms with Crippen LogP contribution in [0.25, 0.3) is 0 Å². The largest absolute Gasteiger partial charge is 0.350 e. The first-order valence-corrected chi connectivity index (χ1v) is 11.6. The number of aromatic nitrogens is 2. The molecule has 2 atom stereocenters. The van der Waals surface area contributed by atoms with Gasteiger partial charge in [-0.25, -0.2) is 4.79 Å². The van der Waals surface area contributed by atoms with Gasteiger partial charge in [0.1, 0.15) is 5.78 Å². The number of carbonyl (C=O) groups is 1. The summed E-state index contributed by atoms with van der Waals surface area (Å²) in [6.07, 6.45) is 1.08. The van der Waals surface area contributed by atoms with Crippen LogP contribution in [-0.2, 0) is 25.0 Å². The second-order valence-electron chi connectivity index (χ2n) is 6.96. The zero-order valence-corrected chi connectivity index (χ0v) is 18.6. The lowest BCUT2D eigenvalue weighted by molar-refractivity contribution is -0.138. The molecule has 0 unspecified atom stereocenters. The molecular formula is C20H26N3O7P. The van der Waals surface area contributed by atoms with Crippen molar-refractivity contribution in [3.05, 3.63) is 69.0 Å². The lowest BCUT2D eigenvalue weighted by atomic mass is 10.2. The molecule has 1 saturated heterocycles. The molecule has 0 amide bonds. The first-order chi connectivity index (χ1) is 14.8. The SMILES string of the molecule is CCOP(=O)(OCC)[C@@H]1C[C@@H](Cn2ccc(=O)n(C(=O)c3ccccc3)c2=O)ON1C. The van der Waals surface area contributed by atoms with Gasteiger partial charge in [-0.1, -0.05) is 18.2 Å². The maximum atomic E-state index is 13.1. The van der Waals surface area contributed by atoms with Gasteiger partial charge in [0.15, 0.2) is 0 Å². The average molecular weight is 451 g/mol. The van der Waals surface area contributed by atoms with E-state index in [-0.39, 0.29) is 31.7 Å². The molecule has 1 aromatic carbocycles. The highest BCUT2D eigenvalue weighted by Crippen LogP contribution is 2.57. The Morgan fingerprint density at radius 3 is 2.39 bits per heavy atom. The van der Waals surface area contributed by atoms with Crippen LogP contribution in [0.4, 0.5) is 0 Å². The molecule has 3 rings (SSSR count). The van der Waals surface area contributed by atoms with Gasteiger partial charge in [-0.2, -0.15) is 9.63 Å². The average Bonchev–Trinajstić information content (AvgIpc) is 3.12. The van der Waals surface area contributed by atoms with Crippen LogP contribution in [0.3, 0.4) is 0 Å². The standard InChI is InChI=1S/C20H26N3O7P/c1-4-28-31(27,29-5-2)18-13-16(30-21(18)3)14-22-12-11-17(24)23(20(22)26)19(25)15-9-7-6-8-10-15/h6-12,16,18H,4-5,13-14H2,1-3H3/t16-,18+/m0/s1. The molecule has 0 spiro atoms. The molecule has 1 fully saturated rings. The summed E-state index contributed by atoms with van der Waals surface area (Å²) in [5.41, 5.74) is -1.26. The third kappa shape index (κ3) is 4.94. The molecule has 0 bridgehead atoms. The van der Waals surface area contributed by atoms with E-state index in [1.807, 2.05) is 0 Å². The van der Waals surface area contributed by atoms with Gasteiger partial charge in [-0.15, -0.1) is 0 Å². The van der Waals surface area contributed by atoms with E-state index in [4.69, 9.17) is 13.9 Å². The Hall–Kier alpha value is -2.36. The minimum absolute atomic E-state index is 0.0558. The normalized spacial score (nSPS) is 19.6. The quantitative estimate of drug-likeness (QED) is 0.560. The molecule has 0 N–H and O–H groups in total. The van der Waals surface area contributed by atoms with Gasteiger partial charge in [-0.05, 0) is 26.0 Å². The summed E-state index contributed by atoms with van der Waals surface area (Å²) in [4.78, 5) is 43.6. The van der Waals surface area contributed by atoms with Crippen molar-refractivity contribution in [2.75, 3.05) is 20.3 Å². The van der Waals surface area contributed by atoms with Crippen LogP contribution in [0, 0.1) is 0 Å². The van der Waals surface area contributed by atoms with Crippen molar-refractivity contribution in [2.24, 2.45) is 0 Å². The maximum Gasteiger partial charge on any atom is 0.350 e. The molecule has 0 saturated carbocycles. The zero-order chi connectivity index (χ0) is 22.6. The predicted octanol–water partition coefficient (Wildman–Crippen LogP) is 1.93. The van der Waals surface area contributed by atoms with Crippen LogP contribution in [0.15, 0.2) is 52.2 Å². The van der Waals surface area contributed by atoms with Crippen molar-refractivity contribution in [1.82, 2.24) is 14.2 Å². The summed E-state index contributed by atoms with van der Waals surface area (Å²) in [7, 11) is -1.82. The van der Waals surface area contributed by atoms with Gasteiger partial charge in [0, 0.05) is 31.3 Å². The Balaban J connectivity index is 1.84. The molecule has 11 heteroatoms. The highest BCUT2D eigenvalue weighted by atomic mass is 31.2. The third-order valence-electron chi connectivity index (χ3n) is 4.87. The van der Waals surface area contributed by atoms with Gasteiger partial charge in [-0.3, -0.25) is 23.6 Å². The smallest absolute Gasteiger partial charge is 0.308 e. The molecule has 1 aliphatic rings. The fraction of sp³-hybridized carbons (Fsp3) is 0.450. The second kappa shape index (κ2) is 9.84. The number of hydrogen-bond acceptors (Lipinski definition) is 8. The van der Waals surface area contributed by atoms with Gasteiger partial charge in [0.05, 0.1) is 25.9 Å². The number of rotatable bonds is 8. The molecule has 1 aliphatic heterocycles. The van der Waals surface area contributed by atoms with Crippen molar-refractivity contribution in [3.63, 3.8) is 0 Å². The van der Waals surface area contributed by atoms with Gasteiger partial charge >= 0.3 is 13.3 Å². The highest BCUT2D eigenvalue weighted by molar-refractivity contribution is 7.54. The van der Waals surface area contributed by atoms with Crippen LogP contribution >= 0.6 is 7.60 Å². The number of nitrogens with zero attached hydrogens (tertiary/aromatic N) is 3. The first kappa shape index (κ1) is 23.3. The Bertz CT molecular complexity index is 1070. The summed E-state index contributed by atoms with van der Waals surface area (Å²) < 4.78 is 25.8. The summed E-state index contributed by atoms with van der Waals surface area (Å²) in [5, 5.41) is 1.42.